The summed E-state index contributed by atoms with van der Waals surface area (Å²) >= 11 is 0. The minimum atomic E-state index is -4.19. The molecule has 1 aliphatic rings. The van der Waals surface area contributed by atoms with Crippen LogP contribution in [-0.2, 0) is 0 Å². The van der Waals surface area contributed by atoms with E-state index in [9.17, 15) is 22.4 Å². The van der Waals surface area contributed by atoms with Gasteiger partial charge < -0.3 is 14.8 Å². The maximum atomic E-state index is 14.8. The fraction of sp³-hybridized carbons (Fsp3) is 0.393. The van der Waals surface area contributed by atoms with Gasteiger partial charge in [0.1, 0.15) is 17.3 Å². The number of hydrogen-bond donors (Lipinski definition) is 1. The molecule has 0 saturated carbocycles. The number of carbonyl (C=O) groups excluding carboxylic acids is 1. The molecular formula is C28H30F4N8O. The molecular weight excluding hydrogens is 540 g/mol. The summed E-state index contributed by atoms with van der Waals surface area (Å²) in [5.41, 5.74) is 2.75. The second-order valence-electron chi connectivity index (χ2n) is 10.3. The van der Waals surface area contributed by atoms with Gasteiger partial charge in [0, 0.05) is 50.5 Å². The summed E-state index contributed by atoms with van der Waals surface area (Å²) in [4.78, 5) is 33.5. The number of halogens is 4. The second-order valence-corrected chi connectivity index (χ2v) is 10.3. The van der Waals surface area contributed by atoms with Crippen molar-refractivity contribution in [1.82, 2.24) is 34.3 Å². The number of alkyl halides is 3. The fourth-order valence-corrected chi connectivity index (χ4v) is 4.99. The third kappa shape index (κ3) is 6.45. The molecule has 1 N–H and O–H groups in total. The van der Waals surface area contributed by atoms with Gasteiger partial charge in [0.15, 0.2) is 5.82 Å². The van der Waals surface area contributed by atoms with Crippen molar-refractivity contribution < 1.29 is 22.4 Å². The maximum Gasteiger partial charge on any atom is 0.390 e. The van der Waals surface area contributed by atoms with Gasteiger partial charge in [-0.2, -0.15) is 13.2 Å². The van der Waals surface area contributed by atoms with Gasteiger partial charge >= 0.3 is 6.18 Å². The van der Waals surface area contributed by atoms with Crippen LogP contribution in [0.3, 0.4) is 0 Å². The molecule has 0 spiro atoms. The molecule has 0 aliphatic carbocycles. The summed E-state index contributed by atoms with van der Waals surface area (Å²) in [7, 11) is 0. The number of pyridine rings is 1. The van der Waals surface area contributed by atoms with Gasteiger partial charge in [-0.25, -0.2) is 24.3 Å². The van der Waals surface area contributed by atoms with Crippen molar-refractivity contribution in [2.75, 3.05) is 38.0 Å². The van der Waals surface area contributed by atoms with Crippen molar-refractivity contribution in [1.29, 1.82) is 0 Å². The number of piperazine rings is 1. The largest absolute Gasteiger partial charge is 0.390 e. The molecule has 0 radical (unpaired) electrons. The van der Waals surface area contributed by atoms with E-state index in [0.717, 1.165) is 23.1 Å². The number of carbonyl (C=O) groups is 1. The van der Waals surface area contributed by atoms with Gasteiger partial charge in [-0.3, -0.25) is 9.69 Å². The quantitative estimate of drug-likeness (QED) is 0.299. The van der Waals surface area contributed by atoms with Gasteiger partial charge in [-0.15, -0.1) is 0 Å². The first-order valence-corrected chi connectivity index (χ1v) is 13.3. The van der Waals surface area contributed by atoms with E-state index < -0.39 is 18.4 Å². The van der Waals surface area contributed by atoms with E-state index in [2.05, 4.69) is 43.7 Å². The topological polar surface area (TPSA) is 92.1 Å². The van der Waals surface area contributed by atoms with Crippen LogP contribution in [0.25, 0.3) is 22.3 Å². The van der Waals surface area contributed by atoms with Crippen LogP contribution in [0.5, 0.6) is 0 Å². The Balaban J connectivity index is 1.26. The summed E-state index contributed by atoms with van der Waals surface area (Å²) in [5, 5.41) is 2.95. The minimum absolute atomic E-state index is 0.0719. The molecule has 1 saturated heterocycles. The van der Waals surface area contributed by atoms with Crippen LogP contribution in [0.2, 0.25) is 0 Å². The van der Waals surface area contributed by atoms with Crippen LogP contribution < -0.4 is 5.32 Å². The molecule has 5 rings (SSSR count). The first-order valence-electron chi connectivity index (χ1n) is 13.3. The Hall–Kier alpha value is -4.13. The number of hydrogen-bond acceptors (Lipinski definition) is 7. The molecule has 13 heteroatoms. The highest BCUT2D eigenvalue weighted by molar-refractivity contribution is 5.94. The van der Waals surface area contributed by atoms with Gasteiger partial charge in [-0.1, -0.05) is 6.07 Å². The van der Waals surface area contributed by atoms with Crippen molar-refractivity contribution >= 4 is 28.7 Å². The van der Waals surface area contributed by atoms with Crippen LogP contribution >= 0.6 is 0 Å². The third-order valence-corrected chi connectivity index (χ3v) is 7.02. The number of rotatable bonds is 7. The summed E-state index contributed by atoms with van der Waals surface area (Å²) in [6, 6.07) is 8.83. The Bertz CT molecular complexity index is 1540. The molecule has 216 valence electrons. The second kappa shape index (κ2) is 11.4. The molecule has 4 heterocycles. The normalized spacial score (nSPS) is 14.7. The predicted molar refractivity (Wildman–Crippen MR) is 146 cm³/mol. The number of fused-ring (bicyclic) bond motifs is 1. The van der Waals surface area contributed by atoms with E-state index in [-0.39, 0.29) is 30.1 Å². The smallest absolute Gasteiger partial charge is 0.336 e. The molecule has 0 bridgehead atoms. The number of amides is 1. The SMILES string of the molecule is Cc1nc2ccc(-c3nc(Nc4ccc(C(=O)N5CCN(CCC(F)(F)F)CC5)cn4)ncc3F)cc2n1C(C)C. The molecule has 3 aromatic heterocycles. The summed E-state index contributed by atoms with van der Waals surface area (Å²) in [6.07, 6.45) is -2.56. The minimum Gasteiger partial charge on any atom is -0.336 e. The average molecular weight is 571 g/mol. The van der Waals surface area contributed by atoms with Crippen LogP contribution in [0.1, 0.15) is 42.5 Å². The van der Waals surface area contributed by atoms with E-state index in [0.29, 0.717) is 43.1 Å². The molecule has 0 atom stereocenters. The number of benzene rings is 1. The number of nitrogens with one attached hydrogen (secondary N) is 1. The van der Waals surface area contributed by atoms with Crippen molar-refractivity contribution in [3.05, 3.63) is 59.9 Å². The van der Waals surface area contributed by atoms with E-state index in [4.69, 9.17) is 0 Å². The molecule has 1 fully saturated rings. The lowest BCUT2D eigenvalue weighted by Crippen LogP contribution is -2.49. The van der Waals surface area contributed by atoms with Crippen molar-refractivity contribution in [2.45, 2.75) is 39.4 Å². The zero-order valence-corrected chi connectivity index (χ0v) is 22.9. The highest BCUT2D eigenvalue weighted by Crippen LogP contribution is 2.28. The van der Waals surface area contributed by atoms with Crippen molar-refractivity contribution in [3.8, 4) is 11.3 Å². The van der Waals surface area contributed by atoms with E-state index in [1.54, 1.807) is 28.0 Å². The maximum absolute atomic E-state index is 14.8. The first kappa shape index (κ1) is 28.4. The monoisotopic (exact) mass is 570 g/mol. The number of anilines is 2. The van der Waals surface area contributed by atoms with Gasteiger partial charge in [0.05, 0.1) is 29.2 Å². The van der Waals surface area contributed by atoms with Crippen molar-refractivity contribution in [2.24, 2.45) is 0 Å². The van der Waals surface area contributed by atoms with Crippen LogP contribution in [0, 0.1) is 12.7 Å². The third-order valence-electron chi connectivity index (χ3n) is 7.02. The first-order chi connectivity index (χ1) is 19.5. The van der Waals surface area contributed by atoms with Crippen LogP contribution in [0.15, 0.2) is 42.7 Å². The Kier molecular flexibility index (Phi) is 7.89. The average Bonchev–Trinajstić information content (AvgIpc) is 3.28. The van der Waals surface area contributed by atoms with E-state index in [1.165, 1.54) is 6.20 Å². The molecule has 1 aromatic carbocycles. The lowest BCUT2D eigenvalue weighted by Gasteiger charge is -2.34. The summed E-state index contributed by atoms with van der Waals surface area (Å²) < 4.78 is 54.3. The van der Waals surface area contributed by atoms with Crippen LogP contribution in [0.4, 0.5) is 29.3 Å². The van der Waals surface area contributed by atoms with Crippen LogP contribution in [-0.4, -0.2) is 79.1 Å². The molecule has 1 amide bonds. The highest BCUT2D eigenvalue weighted by Gasteiger charge is 2.29. The number of nitrogens with zero attached hydrogens (tertiary/aromatic N) is 7. The van der Waals surface area contributed by atoms with Gasteiger partial charge in [0.2, 0.25) is 5.95 Å². The van der Waals surface area contributed by atoms with Crippen molar-refractivity contribution in [3.63, 3.8) is 0 Å². The number of aromatic nitrogens is 5. The zero-order valence-electron chi connectivity index (χ0n) is 22.9. The van der Waals surface area contributed by atoms with Gasteiger partial charge in [-0.05, 0) is 45.0 Å². The number of imidazole rings is 1. The Morgan fingerprint density at radius 1 is 1.02 bits per heavy atom. The standard InChI is InChI=1S/C28H30F4N8O/c1-17(2)40-18(3)35-22-6-4-19(14-23(22)40)25-21(29)16-34-27(37-25)36-24-7-5-20(15-33-24)26(41)39-12-10-38(11-13-39)9-8-28(30,31)32/h4-7,14-17H,8-13H2,1-3H3,(H,33,34,36,37). The Labute approximate surface area is 234 Å². The molecule has 0 unspecified atom stereocenters. The summed E-state index contributed by atoms with van der Waals surface area (Å²) in [5.74, 6) is 0.547. The Morgan fingerprint density at radius 2 is 1.78 bits per heavy atom. The summed E-state index contributed by atoms with van der Waals surface area (Å²) in [6.45, 7) is 7.42. The van der Waals surface area contributed by atoms with Gasteiger partial charge in [0.25, 0.3) is 5.91 Å². The molecule has 9 nitrogen and oxygen atoms in total. The number of aryl methyl sites for hydroxylation is 1. The lowest BCUT2D eigenvalue weighted by atomic mass is 10.1. The van der Waals surface area contributed by atoms with E-state index in [1.807, 2.05) is 19.1 Å². The van der Waals surface area contributed by atoms with E-state index >= 15 is 0 Å². The molecule has 1 aliphatic heterocycles. The zero-order chi connectivity index (χ0) is 29.3. The Morgan fingerprint density at radius 3 is 2.44 bits per heavy atom. The molecule has 4 aromatic rings. The highest BCUT2D eigenvalue weighted by atomic mass is 19.4. The lowest BCUT2D eigenvalue weighted by molar-refractivity contribution is -0.138. The molecule has 41 heavy (non-hydrogen) atoms. The predicted octanol–water partition coefficient (Wildman–Crippen LogP) is 5.37. The fourth-order valence-electron chi connectivity index (χ4n) is 4.99.